The van der Waals surface area contributed by atoms with Crippen LogP contribution in [0.4, 0.5) is 0 Å². The van der Waals surface area contributed by atoms with Crippen molar-refractivity contribution in [1.29, 1.82) is 0 Å². The molecule has 0 heteroatoms. The molecule has 8 atom stereocenters. The van der Waals surface area contributed by atoms with E-state index < -0.39 is 0 Å². The lowest BCUT2D eigenvalue weighted by Gasteiger charge is -2.68. The molecule has 94 valence electrons. The molecule has 0 nitrogen and oxygen atoms in total. The highest BCUT2D eigenvalue weighted by Gasteiger charge is 2.66. The fourth-order valence-electron chi connectivity index (χ4n) is 6.19. The highest BCUT2D eigenvalue weighted by molar-refractivity contribution is 5.39. The summed E-state index contributed by atoms with van der Waals surface area (Å²) in [6, 6.07) is 0. The molecule has 3 saturated carbocycles. The van der Waals surface area contributed by atoms with Crippen LogP contribution >= 0.6 is 0 Å². The Labute approximate surface area is 106 Å². The minimum absolute atomic E-state index is 0.845. The molecule has 0 aromatic carbocycles. The maximum atomic E-state index is 2.54. The van der Waals surface area contributed by atoms with Crippen molar-refractivity contribution < 1.29 is 0 Å². The van der Waals surface area contributed by atoms with Crippen molar-refractivity contribution in [2.24, 2.45) is 47.3 Å². The highest BCUT2D eigenvalue weighted by Crippen LogP contribution is 2.73. The third kappa shape index (κ3) is 1.03. The Hall–Kier alpha value is -0.260. The first-order valence-corrected chi connectivity index (χ1v) is 7.83. The topological polar surface area (TPSA) is 0 Å². The van der Waals surface area contributed by atoms with Gasteiger partial charge in [0.05, 0.1) is 0 Å². The van der Waals surface area contributed by atoms with Crippen molar-refractivity contribution in [3.63, 3.8) is 0 Å². The summed E-state index contributed by atoms with van der Waals surface area (Å²) in [5, 5.41) is 0. The number of hydrogen-bond acceptors (Lipinski definition) is 0. The van der Waals surface area contributed by atoms with Gasteiger partial charge in [-0.25, -0.2) is 0 Å². The smallest absolute Gasteiger partial charge is 0.0130 e. The van der Waals surface area contributed by atoms with Gasteiger partial charge in [-0.2, -0.15) is 0 Å². The van der Waals surface area contributed by atoms with Gasteiger partial charge in [-0.15, -0.1) is 0 Å². The first-order chi connectivity index (χ1) is 8.13. The van der Waals surface area contributed by atoms with E-state index in [9.17, 15) is 0 Å². The summed E-state index contributed by atoms with van der Waals surface area (Å²) in [5.41, 5.74) is 3.75. The molecule has 4 aliphatic rings. The van der Waals surface area contributed by atoms with Gasteiger partial charge in [0.25, 0.3) is 0 Å². The third-order valence-electron chi connectivity index (χ3n) is 7.45. The van der Waals surface area contributed by atoms with E-state index in [1.807, 2.05) is 5.57 Å². The molecule has 0 heterocycles. The van der Waals surface area contributed by atoms with Crippen LogP contribution in [-0.2, 0) is 0 Å². The van der Waals surface area contributed by atoms with Crippen LogP contribution < -0.4 is 0 Å². The lowest BCUT2D eigenvalue weighted by molar-refractivity contribution is -0.113. The molecule has 3 fully saturated rings. The minimum Gasteiger partial charge on any atom is -0.0704 e. The van der Waals surface area contributed by atoms with Gasteiger partial charge in [0.2, 0.25) is 0 Å². The largest absolute Gasteiger partial charge is 0.0704 e. The van der Waals surface area contributed by atoms with Gasteiger partial charge in [0.1, 0.15) is 0 Å². The second-order valence-corrected chi connectivity index (χ2v) is 7.53. The van der Waals surface area contributed by atoms with E-state index in [-0.39, 0.29) is 0 Å². The molecule has 0 radical (unpaired) electrons. The van der Waals surface area contributed by atoms with E-state index in [2.05, 4.69) is 27.7 Å². The fourth-order valence-corrected chi connectivity index (χ4v) is 6.19. The van der Waals surface area contributed by atoms with Crippen molar-refractivity contribution in [1.82, 2.24) is 0 Å². The van der Waals surface area contributed by atoms with E-state index in [0.717, 1.165) is 47.3 Å². The summed E-state index contributed by atoms with van der Waals surface area (Å²) < 4.78 is 0. The molecule has 0 aromatic heterocycles. The molecular weight excluding hydrogens is 204 g/mol. The summed E-state index contributed by atoms with van der Waals surface area (Å²) >= 11 is 0. The summed E-state index contributed by atoms with van der Waals surface area (Å²) in [5.74, 6) is 8.15. The van der Waals surface area contributed by atoms with E-state index in [1.54, 1.807) is 18.4 Å². The van der Waals surface area contributed by atoms with Crippen molar-refractivity contribution in [3.8, 4) is 0 Å². The Morgan fingerprint density at radius 3 is 2.35 bits per heavy atom. The maximum absolute atomic E-state index is 2.54. The SMILES string of the molecule is CC1=C2C(C(C)C(C)C1C)C1C3CCCC3C21. The van der Waals surface area contributed by atoms with E-state index in [0.29, 0.717) is 0 Å². The van der Waals surface area contributed by atoms with Crippen LogP contribution in [0.3, 0.4) is 0 Å². The number of hydrogen-bond donors (Lipinski definition) is 0. The third-order valence-corrected chi connectivity index (χ3v) is 7.45. The second kappa shape index (κ2) is 3.19. The number of allylic oxidation sites excluding steroid dienone is 2. The van der Waals surface area contributed by atoms with Crippen LogP contribution in [0.2, 0.25) is 0 Å². The molecule has 17 heavy (non-hydrogen) atoms. The van der Waals surface area contributed by atoms with Crippen LogP contribution in [0.15, 0.2) is 11.1 Å². The lowest BCUT2D eigenvalue weighted by Crippen LogP contribution is -2.62. The minimum atomic E-state index is 0.845. The molecular formula is C17H26. The van der Waals surface area contributed by atoms with Crippen LogP contribution in [-0.4, -0.2) is 0 Å². The molecule has 4 aliphatic carbocycles. The van der Waals surface area contributed by atoms with Crippen LogP contribution in [0.1, 0.15) is 47.0 Å². The van der Waals surface area contributed by atoms with Gasteiger partial charge in [-0.05, 0) is 67.1 Å². The van der Waals surface area contributed by atoms with Crippen LogP contribution in [0, 0.1) is 47.3 Å². The Morgan fingerprint density at radius 1 is 0.882 bits per heavy atom. The molecule has 0 spiro atoms. The van der Waals surface area contributed by atoms with Gasteiger partial charge in [0.15, 0.2) is 0 Å². The van der Waals surface area contributed by atoms with Crippen molar-refractivity contribution in [2.45, 2.75) is 47.0 Å². The van der Waals surface area contributed by atoms with Gasteiger partial charge < -0.3 is 0 Å². The summed E-state index contributed by atoms with van der Waals surface area (Å²) in [4.78, 5) is 0. The van der Waals surface area contributed by atoms with Gasteiger partial charge in [0, 0.05) is 0 Å². The average Bonchev–Trinajstić information content (AvgIpc) is 2.67. The quantitative estimate of drug-likeness (QED) is 0.537. The normalized spacial score (nSPS) is 60.0. The number of rotatable bonds is 0. The van der Waals surface area contributed by atoms with Crippen LogP contribution in [0.5, 0.6) is 0 Å². The molecule has 0 amide bonds. The Kier molecular flexibility index (Phi) is 2.00. The van der Waals surface area contributed by atoms with Crippen molar-refractivity contribution >= 4 is 0 Å². The standard InChI is InChI=1S/C17H26/c1-8-9(2)11(4)15-14(10(8)3)16-12-6-5-7-13(12)17(15)16/h8-10,12-14,16-17H,5-7H2,1-4H3. The molecule has 0 saturated heterocycles. The zero-order valence-corrected chi connectivity index (χ0v) is 11.7. The molecule has 0 aromatic rings. The monoisotopic (exact) mass is 230 g/mol. The zero-order chi connectivity index (χ0) is 11.9. The van der Waals surface area contributed by atoms with Gasteiger partial charge in [-0.1, -0.05) is 38.3 Å². The van der Waals surface area contributed by atoms with Gasteiger partial charge >= 0.3 is 0 Å². The van der Waals surface area contributed by atoms with Crippen LogP contribution in [0.25, 0.3) is 0 Å². The molecule has 8 unspecified atom stereocenters. The average molecular weight is 230 g/mol. The first kappa shape index (κ1) is 10.6. The fraction of sp³-hybridized carbons (Fsp3) is 0.882. The van der Waals surface area contributed by atoms with Gasteiger partial charge in [-0.3, -0.25) is 0 Å². The van der Waals surface area contributed by atoms with E-state index >= 15 is 0 Å². The summed E-state index contributed by atoms with van der Waals surface area (Å²) in [6.45, 7) is 9.95. The molecule has 0 aliphatic heterocycles. The van der Waals surface area contributed by atoms with Crippen molar-refractivity contribution in [2.75, 3.05) is 0 Å². The molecule has 0 N–H and O–H groups in total. The van der Waals surface area contributed by atoms with E-state index in [4.69, 9.17) is 0 Å². The lowest BCUT2D eigenvalue weighted by atomic mass is 9.36. The zero-order valence-electron chi connectivity index (χ0n) is 11.7. The highest BCUT2D eigenvalue weighted by atomic mass is 14.7. The summed E-state index contributed by atoms with van der Waals surface area (Å²) in [7, 11) is 0. The number of fused-ring (bicyclic) bond motifs is 7. The first-order valence-electron chi connectivity index (χ1n) is 7.83. The Bertz CT molecular complexity index is 391. The second-order valence-electron chi connectivity index (χ2n) is 7.53. The Morgan fingerprint density at radius 2 is 1.59 bits per heavy atom. The Balaban J connectivity index is 1.74. The van der Waals surface area contributed by atoms with E-state index in [1.165, 1.54) is 6.42 Å². The maximum Gasteiger partial charge on any atom is -0.0130 e. The van der Waals surface area contributed by atoms with Crippen molar-refractivity contribution in [3.05, 3.63) is 11.1 Å². The predicted molar refractivity (Wildman–Crippen MR) is 71.5 cm³/mol. The summed E-state index contributed by atoms with van der Waals surface area (Å²) in [6.07, 6.45) is 4.64. The molecule has 4 rings (SSSR count). The molecule has 0 bridgehead atoms. The predicted octanol–water partition coefficient (Wildman–Crippen LogP) is 4.52.